The Morgan fingerprint density at radius 2 is 2.05 bits per heavy atom. The molecule has 3 rings (SSSR count). The van der Waals surface area contributed by atoms with E-state index in [0.717, 1.165) is 35.9 Å². The fourth-order valence-electron chi connectivity index (χ4n) is 2.31. The second-order valence-electron chi connectivity index (χ2n) is 5.01. The highest BCUT2D eigenvalue weighted by molar-refractivity contribution is 7.09. The van der Waals surface area contributed by atoms with Crippen LogP contribution < -0.4 is 10.6 Å². The standard InChI is InChI=1S/C13H17N5S.2ClH/c1-18(7-13-15-2-3-19-13)12-6-11(16-8-17-12)9-4-10(14)5-9;;/h2-3,6,8-10H,4-5,7,14H2,1H3;2*1H. The fraction of sp³-hybridized carbons (Fsp3) is 0.462. The molecule has 0 saturated heterocycles. The Hall–Kier alpha value is -0.950. The summed E-state index contributed by atoms with van der Waals surface area (Å²) in [6, 6.07) is 2.42. The molecule has 0 spiro atoms. The van der Waals surface area contributed by atoms with Gasteiger partial charge in [0.25, 0.3) is 0 Å². The summed E-state index contributed by atoms with van der Waals surface area (Å²) in [4.78, 5) is 15.1. The summed E-state index contributed by atoms with van der Waals surface area (Å²) in [5.41, 5.74) is 6.94. The average Bonchev–Trinajstić information content (AvgIpc) is 2.88. The molecule has 0 aliphatic heterocycles. The van der Waals surface area contributed by atoms with Crippen molar-refractivity contribution in [1.29, 1.82) is 0 Å². The number of nitrogens with two attached hydrogens (primary N) is 1. The molecule has 0 atom stereocenters. The van der Waals surface area contributed by atoms with Crippen molar-refractivity contribution in [1.82, 2.24) is 15.0 Å². The molecule has 1 fully saturated rings. The van der Waals surface area contributed by atoms with E-state index in [-0.39, 0.29) is 24.8 Å². The lowest BCUT2D eigenvalue weighted by atomic mass is 9.78. The first-order chi connectivity index (χ1) is 9.22. The number of anilines is 1. The maximum Gasteiger partial charge on any atom is 0.132 e. The molecule has 1 aliphatic carbocycles. The van der Waals surface area contributed by atoms with E-state index in [4.69, 9.17) is 5.73 Å². The highest BCUT2D eigenvalue weighted by atomic mass is 35.5. The number of nitrogens with zero attached hydrogens (tertiary/aromatic N) is 4. The molecule has 0 radical (unpaired) electrons. The Morgan fingerprint density at radius 3 is 2.67 bits per heavy atom. The summed E-state index contributed by atoms with van der Waals surface area (Å²) < 4.78 is 0. The molecule has 1 aliphatic rings. The third-order valence-electron chi connectivity index (χ3n) is 3.51. The molecule has 0 bridgehead atoms. The lowest BCUT2D eigenvalue weighted by Crippen LogP contribution is -2.35. The first-order valence-corrected chi connectivity index (χ1v) is 7.27. The number of thiazole rings is 1. The van der Waals surface area contributed by atoms with Crippen molar-refractivity contribution in [3.05, 3.63) is 34.7 Å². The number of halogens is 2. The van der Waals surface area contributed by atoms with Gasteiger partial charge >= 0.3 is 0 Å². The largest absolute Gasteiger partial charge is 0.353 e. The van der Waals surface area contributed by atoms with Gasteiger partial charge in [0.15, 0.2) is 0 Å². The first-order valence-electron chi connectivity index (χ1n) is 6.39. The molecule has 2 N–H and O–H groups in total. The van der Waals surface area contributed by atoms with Crippen LogP contribution in [0, 0.1) is 0 Å². The number of rotatable bonds is 4. The van der Waals surface area contributed by atoms with Gasteiger partial charge in [-0.1, -0.05) is 0 Å². The predicted molar refractivity (Wildman–Crippen MR) is 90.7 cm³/mol. The maximum absolute atomic E-state index is 5.83. The minimum Gasteiger partial charge on any atom is -0.353 e. The van der Waals surface area contributed by atoms with Crippen LogP contribution in [0.15, 0.2) is 24.0 Å². The number of hydrogen-bond donors (Lipinski definition) is 1. The molecule has 1 saturated carbocycles. The van der Waals surface area contributed by atoms with Crippen LogP contribution in [-0.2, 0) is 6.54 Å². The highest BCUT2D eigenvalue weighted by Crippen LogP contribution is 2.35. The fourth-order valence-corrected chi connectivity index (χ4v) is 2.98. The summed E-state index contributed by atoms with van der Waals surface area (Å²) in [5, 5.41) is 3.08. The number of aromatic nitrogens is 3. The first kappa shape index (κ1) is 18.1. The van der Waals surface area contributed by atoms with Gasteiger partial charge in [-0.25, -0.2) is 15.0 Å². The monoisotopic (exact) mass is 347 g/mol. The Balaban J connectivity index is 0.00000110. The van der Waals surface area contributed by atoms with Gasteiger partial charge in [-0.15, -0.1) is 36.2 Å². The lowest BCUT2D eigenvalue weighted by Gasteiger charge is -2.32. The van der Waals surface area contributed by atoms with Crippen LogP contribution in [-0.4, -0.2) is 28.0 Å². The zero-order valence-electron chi connectivity index (χ0n) is 11.7. The topological polar surface area (TPSA) is 67.9 Å². The minimum atomic E-state index is 0. The Bertz CT molecular complexity index is 545. The molecule has 0 amide bonds. The molecule has 2 aromatic heterocycles. The van der Waals surface area contributed by atoms with Gasteiger partial charge in [-0.05, 0) is 12.8 Å². The zero-order chi connectivity index (χ0) is 13.2. The second kappa shape index (κ2) is 7.89. The van der Waals surface area contributed by atoms with Crippen molar-refractivity contribution in [2.75, 3.05) is 11.9 Å². The van der Waals surface area contributed by atoms with Gasteiger partial charge in [0.05, 0.1) is 6.54 Å². The number of hydrogen-bond acceptors (Lipinski definition) is 6. The smallest absolute Gasteiger partial charge is 0.132 e. The van der Waals surface area contributed by atoms with Crippen molar-refractivity contribution in [2.24, 2.45) is 5.73 Å². The Morgan fingerprint density at radius 1 is 1.29 bits per heavy atom. The Labute approximate surface area is 140 Å². The SMILES string of the molecule is CN(Cc1nccs1)c1cc(C2CC(N)C2)ncn1.Cl.Cl. The van der Waals surface area contributed by atoms with Gasteiger partial charge in [0.2, 0.25) is 0 Å². The van der Waals surface area contributed by atoms with E-state index >= 15 is 0 Å². The van der Waals surface area contributed by atoms with Gasteiger partial charge in [0, 0.05) is 42.3 Å². The molecule has 116 valence electrons. The van der Waals surface area contributed by atoms with Crippen LogP contribution in [0.4, 0.5) is 5.82 Å². The van der Waals surface area contributed by atoms with Crippen LogP contribution in [0.1, 0.15) is 29.5 Å². The highest BCUT2D eigenvalue weighted by Gasteiger charge is 2.28. The summed E-state index contributed by atoms with van der Waals surface area (Å²) in [7, 11) is 2.03. The zero-order valence-corrected chi connectivity index (χ0v) is 14.1. The summed E-state index contributed by atoms with van der Waals surface area (Å²) in [5.74, 6) is 1.45. The van der Waals surface area contributed by atoms with Crippen molar-refractivity contribution in [2.45, 2.75) is 31.3 Å². The van der Waals surface area contributed by atoms with Crippen LogP contribution in [0.3, 0.4) is 0 Å². The third kappa shape index (κ3) is 4.26. The molecule has 2 aromatic rings. The maximum atomic E-state index is 5.83. The van der Waals surface area contributed by atoms with E-state index in [9.17, 15) is 0 Å². The molecule has 0 unspecified atom stereocenters. The quantitative estimate of drug-likeness (QED) is 0.920. The molecular weight excluding hydrogens is 329 g/mol. The summed E-state index contributed by atoms with van der Waals surface area (Å²) in [6.45, 7) is 0.776. The predicted octanol–water partition coefficient (Wildman–Crippen LogP) is 2.62. The van der Waals surface area contributed by atoms with E-state index < -0.39 is 0 Å². The van der Waals surface area contributed by atoms with Crippen LogP contribution in [0.2, 0.25) is 0 Å². The van der Waals surface area contributed by atoms with Crippen molar-refractivity contribution in [3.8, 4) is 0 Å². The molecule has 5 nitrogen and oxygen atoms in total. The van der Waals surface area contributed by atoms with E-state index in [1.165, 1.54) is 0 Å². The van der Waals surface area contributed by atoms with Crippen LogP contribution in [0.5, 0.6) is 0 Å². The van der Waals surface area contributed by atoms with Crippen LogP contribution >= 0.6 is 36.2 Å². The van der Waals surface area contributed by atoms with Gasteiger partial charge in [-0.2, -0.15) is 0 Å². The summed E-state index contributed by atoms with van der Waals surface area (Å²) in [6.07, 6.45) is 5.54. The molecular formula is C13H19Cl2N5S. The normalized spacial score (nSPS) is 19.9. The van der Waals surface area contributed by atoms with E-state index in [2.05, 4.69) is 25.9 Å². The van der Waals surface area contributed by atoms with Gasteiger partial charge < -0.3 is 10.6 Å². The second-order valence-corrected chi connectivity index (χ2v) is 5.99. The molecule has 21 heavy (non-hydrogen) atoms. The molecule has 8 heteroatoms. The third-order valence-corrected chi connectivity index (χ3v) is 4.28. The van der Waals surface area contributed by atoms with Crippen molar-refractivity contribution in [3.63, 3.8) is 0 Å². The van der Waals surface area contributed by atoms with E-state index in [1.54, 1.807) is 17.7 Å². The van der Waals surface area contributed by atoms with Gasteiger partial charge in [0.1, 0.15) is 17.2 Å². The van der Waals surface area contributed by atoms with E-state index in [1.807, 2.05) is 18.6 Å². The molecule has 0 aromatic carbocycles. The molecule has 2 heterocycles. The summed E-state index contributed by atoms with van der Waals surface area (Å²) >= 11 is 1.66. The van der Waals surface area contributed by atoms with Gasteiger partial charge in [-0.3, -0.25) is 0 Å². The van der Waals surface area contributed by atoms with Crippen LogP contribution in [0.25, 0.3) is 0 Å². The lowest BCUT2D eigenvalue weighted by molar-refractivity contribution is 0.345. The van der Waals surface area contributed by atoms with Crippen molar-refractivity contribution < 1.29 is 0 Å². The van der Waals surface area contributed by atoms with Crippen molar-refractivity contribution >= 4 is 42.0 Å². The Kier molecular flexibility index (Phi) is 6.80. The average molecular weight is 348 g/mol. The minimum absolute atomic E-state index is 0. The van der Waals surface area contributed by atoms with E-state index in [0.29, 0.717) is 12.0 Å².